The zero-order valence-corrected chi connectivity index (χ0v) is 12.0. The number of hydrogen-bond donors (Lipinski definition) is 0. The lowest BCUT2D eigenvalue weighted by Gasteiger charge is -2.08. The van der Waals surface area contributed by atoms with E-state index in [1.165, 1.54) is 0 Å². The average Bonchev–Trinajstić information content (AvgIpc) is 2.96. The molecular weight excluding hydrogens is 264 g/mol. The highest BCUT2D eigenvalue weighted by Crippen LogP contribution is 2.31. The first-order valence-electron chi connectivity index (χ1n) is 6.69. The lowest BCUT2D eigenvalue weighted by atomic mass is 10.2. The molecule has 0 bridgehead atoms. The maximum absolute atomic E-state index is 5.83. The van der Waals surface area contributed by atoms with Crippen molar-refractivity contribution in [2.45, 2.75) is 6.92 Å². The minimum Gasteiger partial charge on any atom is -0.493 e. The molecule has 0 saturated carbocycles. The molecule has 0 unspecified atom stereocenters. The molecular formula is C17H16N2O2. The van der Waals surface area contributed by atoms with Crippen molar-refractivity contribution in [1.82, 2.24) is 9.78 Å². The van der Waals surface area contributed by atoms with Gasteiger partial charge in [0.1, 0.15) is 0 Å². The van der Waals surface area contributed by atoms with Gasteiger partial charge in [-0.1, -0.05) is 30.3 Å². The van der Waals surface area contributed by atoms with Crippen molar-refractivity contribution in [2.75, 3.05) is 7.11 Å². The fourth-order valence-electron chi connectivity index (χ4n) is 2.14. The predicted molar refractivity (Wildman–Crippen MR) is 81.4 cm³/mol. The summed E-state index contributed by atoms with van der Waals surface area (Å²) in [6, 6.07) is 15.6. The molecule has 0 N–H and O–H groups in total. The molecule has 0 saturated heterocycles. The van der Waals surface area contributed by atoms with Crippen molar-refractivity contribution < 1.29 is 9.47 Å². The summed E-state index contributed by atoms with van der Waals surface area (Å²) in [5.41, 5.74) is 2.19. The van der Waals surface area contributed by atoms with Gasteiger partial charge in [0.15, 0.2) is 17.2 Å². The maximum Gasteiger partial charge on any atom is 0.169 e. The van der Waals surface area contributed by atoms with Crippen molar-refractivity contribution in [3.8, 4) is 22.9 Å². The molecule has 4 nitrogen and oxygen atoms in total. The Balaban J connectivity index is 1.87. The molecule has 1 heterocycles. The third kappa shape index (κ3) is 2.74. The Morgan fingerprint density at radius 1 is 0.952 bits per heavy atom. The van der Waals surface area contributed by atoms with Crippen molar-refractivity contribution in [3.63, 3.8) is 0 Å². The summed E-state index contributed by atoms with van der Waals surface area (Å²) in [4.78, 5) is 0. The summed E-state index contributed by atoms with van der Waals surface area (Å²) in [6.45, 7) is 2.05. The first kappa shape index (κ1) is 13.2. The minimum absolute atomic E-state index is 0.669. The second kappa shape index (κ2) is 5.71. The topological polar surface area (TPSA) is 36.3 Å². The zero-order chi connectivity index (χ0) is 14.7. The van der Waals surface area contributed by atoms with E-state index in [-0.39, 0.29) is 0 Å². The van der Waals surface area contributed by atoms with Crippen LogP contribution in [0.2, 0.25) is 0 Å². The van der Waals surface area contributed by atoms with Gasteiger partial charge in [0.25, 0.3) is 0 Å². The van der Waals surface area contributed by atoms with Gasteiger partial charge in [-0.3, -0.25) is 0 Å². The smallest absolute Gasteiger partial charge is 0.169 e. The largest absolute Gasteiger partial charge is 0.493 e. The van der Waals surface area contributed by atoms with Crippen LogP contribution in [-0.2, 0) is 0 Å². The van der Waals surface area contributed by atoms with Gasteiger partial charge >= 0.3 is 0 Å². The summed E-state index contributed by atoms with van der Waals surface area (Å²) in [5, 5.41) is 4.35. The Kier molecular flexibility index (Phi) is 3.60. The first-order chi connectivity index (χ1) is 10.3. The second-order valence-electron chi connectivity index (χ2n) is 4.66. The van der Waals surface area contributed by atoms with Crippen LogP contribution in [0.15, 0.2) is 60.9 Å². The van der Waals surface area contributed by atoms with Crippen LogP contribution in [0.4, 0.5) is 0 Å². The van der Waals surface area contributed by atoms with Gasteiger partial charge in [0.2, 0.25) is 0 Å². The molecule has 106 valence electrons. The molecule has 0 atom stereocenters. The lowest BCUT2D eigenvalue weighted by Crippen LogP contribution is -1.96. The van der Waals surface area contributed by atoms with E-state index >= 15 is 0 Å². The average molecular weight is 280 g/mol. The summed E-state index contributed by atoms with van der Waals surface area (Å²) in [5.74, 6) is 2.04. The molecule has 0 amide bonds. The number of aromatic nitrogens is 2. The Morgan fingerprint density at radius 3 is 2.43 bits per heavy atom. The quantitative estimate of drug-likeness (QED) is 0.725. The normalized spacial score (nSPS) is 10.4. The van der Waals surface area contributed by atoms with E-state index in [1.807, 2.05) is 48.7 Å². The third-order valence-electron chi connectivity index (χ3n) is 3.22. The van der Waals surface area contributed by atoms with Crippen LogP contribution in [-0.4, -0.2) is 16.9 Å². The Morgan fingerprint density at radius 2 is 1.67 bits per heavy atom. The molecule has 0 radical (unpaired) electrons. The monoisotopic (exact) mass is 280 g/mol. The van der Waals surface area contributed by atoms with Crippen molar-refractivity contribution in [1.29, 1.82) is 0 Å². The van der Waals surface area contributed by atoms with Crippen molar-refractivity contribution >= 4 is 0 Å². The van der Waals surface area contributed by atoms with E-state index in [0.29, 0.717) is 17.2 Å². The molecule has 0 fully saturated rings. The van der Waals surface area contributed by atoms with Crippen LogP contribution in [0.3, 0.4) is 0 Å². The van der Waals surface area contributed by atoms with Gasteiger partial charge in [-0.05, 0) is 30.7 Å². The van der Waals surface area contributed by atoms with Crippen molar-refractivity contribution in [2.24, 2.45) is 0 Å². The highest BCUT2D eigenvalue weighted by atomic mass is 16.5. The lowest BCUT2D eigenvalue weighted by molar-refractivity contribution is 0.379. The van der Waals surface area contributed by atoms with Crippen LogP contribution < -0.4 is 9.47 Å². The van der Waals surface area contributed by atoms with E-state index in [4.69, 9.17) is 9.47 Å². The van der Waals surface area contributed by atoms with Gasteiger partial charge in [-0.2, -0.15) is 5.10 Å². The maximum atomic E-state index is 5.83. The first-order valence-corrected chi connectivity index (χ1v) is 6.69. The molecule has 2 aromatic carbocycles. The Hall–Kier alpha value is -2.75. The summed E-state index contributed by atoms with van der Waals surface area (Å²) < 4.78 is 12.9. The van der Waals surface area contributed by atoms with Crippen molar-refractivity contribution in [3.05, 3.63) is 66.5 Å². The fourth-order valence-corrected chi connectivity index (χ4v) is 2.14. The molecule has 0 aliphatic carbocycles. The zero-order valence-electron chi connectivity index (χ0n) is 12.0. The summed E-state index contributed by atoms with van der Waals surface area (Å²) in [7, 11) is 1.62. The number of para-hydroxylation sites is 3. The number of aryl methyl sites for hydroxylation is 1. The van der Waals surface area contributed by atoms with E-state index in [2.05, 4.69) is 18.1 Å². The molecule has 4 heteroatoms. The Labute approximate surface area is 123 Å². The molecule has 0 spiro atoms. The predicted octanol–water partition coefficient (Wildman–Crippen LogP) is 3.98. The highest BCUT2D eigenvalue weighted by Gasteiger charge is 2.08. The molecule has 0 aliphatic heterocycles. The number of rotatable bonds is 4. The molecule has 3 rings (SSSR count). The van der Waals surface area contributed by atoms with E-state index in [0.717, 1.165) is 11.3 Å². The highest BCUT2D eigenvalue weighted by molar-refractivity contribution is 5.43. The van der Waals surface area contributed by atoms with Gasteiger partial charge < -0.3 is 9.47 Å². The van der Waals surface area contributed by atoms with Gasteiger partial charge in [-0.25, -0.2) is 4.68 Å². The second-order valence-corrected chi connectivity index (χ2v) is 4.66. The molecule has 3 aromatic rings. The number of hydrogen-bond acceptors (Lipinski definition) is 3. The summed E-state index contributed by atoms with van der Waals surface area (Å²) >= 11 is 0. The SMILES string of the molecule is COc1ccccc1Oc1cnn(-c2ccccc2C)c1. The van der Waals surface area contributed by atoms with E-state index in [1.54, 1.807) is 18.0 Å². The minimum atomic E-state index is 0.669. The van der Waals surface area contributed by atoms with Gasteiger partial charge in [0.05, 0.1) is 25.2 Å². The molecule has 0 aliphatic rings. The van der Waals surface area contributed by atoms with Crippen LogP contribution in [0, 0.1) is 6.92 Å². The van der Waals surface area contributed by atoms with Crippen LogP contribution in [0.5, 0.6) is 17.2 Å². The van der Waals surface area contributed by atoms with E-state index < -0.39 is 0 Å². The Bertz CT molecular complexity index is 750. The van der Waals surface area contributed by atoms with Crippen LogP contribution in [0.1, 0.15) is 5.56 Å². The number of methoxy groups -OCH3 is 1. The van der Waals surface area contributed by atoms with E-state index in [9.17, 15) is 0 Å². The fraction of sp³-hybridized carbons (Fsp3) is 0.118. The standard InChI is InChI=1S/C17H16N2O2/c1-13-7-3-4-8-15(13)19-12-14(11-18-19)21-17-10-6-5-9-16(17)20-2/h3-12H,1-2H3. The third-order valence-corrected chi connectivity index (χ3v) is 3.22. The molecule has 1 aromatic heterocycles. The summed E-state index contributed by atoms with van der Waals surface area (Å²) in [6.07, 6.45) is 3.55. The van der Waals surface area contributed by atoms with Gasteiger partial charge in [0, 0.05) is 0 Å². The number of ether oxygens (including phenoxy) is 2. The number of benzene rings is 2. The number of nitrogens with zero attached hydrogens (tertiary/aromatic N) is 2. The van der Waals surface area contributed by atoms with Gasteiger partial charge in [-0.15, -0.1) is 0 Å². The van der Waals surface area contributed by atoms with Crippen LogP contribution >= 0.6 is 0 Å². The van der Waals surface area contributed by atoms with Crippen LogP contribution in [0.25, 0.3) is 5.69 Å². The molecule has 21 heavy (non-hydrogen) atoms.